The highest BCUT2D eigenvalue weighted by Gasteiger charge is 2.33. The number of benzene rings is 4. The summed E-state index contributed by atoms with van der Waals surface area (Å²) >= 11 is 0. The third-order valence-corrected chi connectivity index (χ3v) is 10.2. The van der Waals surface area contributed by atoms with Gasteiger partial charge >= 0.3 is 0 Å². The molecule has 2 N–H and O–H groups in total. The van der Waals surface area contributed by atoms with Crippen molar-refractivity contribution in [3.8, 4) is 0 Å². The number of aromatic amines is 1. The van der Waals surface area contributed by atoms with Crippen LogP contribution in [-0.4, -0.2) is 40.1 Å². The summed E-state index contributed by atoms with van der Waals surface area (Å²) in [5.74, 6) is -3.52. The number of hydrogen-bond donors (Lipinski definition) is 2. The van der Waals surface area contributed by atoms with Gasteiger partial charge in [0, 0.05) is 66.6 Å². The van der Waals surface area contributed by atoms with Crippen molar-refractivity contribution in [3.63, 3.8) is 0 Å². The zero-order valence-electron chi connectivity index (χ0n) is 29.7. The highest BCUT2D eigenvalue weighted by Crippen LogP contribution is 2.34. The molecule has 1 aliphatic rings. The van der Waals surface area contributed by atoms with Crippen LogP contribution < -0.4 is 5.32 Å². The van der Waals surface area contributed by atoms with Gasteiger partial charge in [-0.2, -0.15) is 0 Å². The van der Waals surface area contributed by atoms with Gasteiger partial charge in [0.05, 0.1) is 6.04 Å². The number of allylic oxidation sites excluding steroid dienone is 2. The van der Waals surface area contributed by atoms with E-state index >= 15 is 0 Å². The van der Waals surface area contributed by atoms with Crippen molar-refractivity contribution in [3.05, 3.63) is 149 Å². The summed E-state index contributed by atoms with van der Waals surface area (Å²) in [5.41, 5.74) is 7.35. The van der Waals surface area contributed by atoms with Gasteiger partial charge in [0.2, 0.25) is 11.7 Å². The van der Waals surface area contributed by atoms with Gasteiger partial charge < -0.3 is 10.3 Å². The number of para-hydroxylation sites is 1. The maximum absolute atomic E-state index is 14.3. The third-order valence-electron chi connectivity index (χ3n) is 10.2. The number of ketones is 4. The van der Waals surface area contributed by atoms with E-state index in [1.165, 1.54) is 0 Å². The highest BCUT2D eigenvalue weighted by atomic mass is 16.2. The van der Waals surface area contributed by atoms with Crippen LogP contribution in [0, 0.1) is 11.8 Å². The molecule has 0 fully saturated rings. The number of nitrogens with one attached hydrogen (secondary N) is 2. The van der Waals surface area contributed by atoms with Crippen LogP contribution >= 0.6 is 0 Å². The van der Waals surface area contributed by atoms with E-state index in [1.807, 2.05) is 122 Å². The molecule has 0 aliphatic heterocycles. The average molecular weight is 693 g/mol. The first-order chi connectivity index (χ1) is 25.2. The van der Waals surface area contributed by atoms with E-state index in [4.69, 9.17) is 0 Å². The van der Waals surface area contributed by atoms with Gasteiger partial charge in [0.25, 0.3) is 0 Å². The van der Waals surface area contributed by atoms with Crippen LogP contribution in [0.2, 0.25) is 0 Å². The quantitative estimate of drug-likeness (QED) is 0.0986. The van der Waals surface area contributed by atoms with Crippen LogP contribution in [0.3, 0.4) is 0 Å². The molecule has 1 aliphatic carbocycles. The van der Waals surface area contributed by atoms with Gasteiger partial charge in [0.15, 0.2) is 17.3 Å². The number of hydrogen-bond acceptors (Lipinski definition) is 5. The van der Waals surface area contributed by atoms with E-state index in [-0.39, 0.29) is 43.7 Å². The zero-order chi connectivity index (χ0) is 36.6. The van der Waals surface area contributed by atoms with Crippen molar-refractivity contribution in [1.29, 1.82) is 0 Å². The predicted molar refractivity (Wildman–Crippen MR) is 203 cm³/mol. The molecule has 6 rings (SSSR count). The molecule has 7 nitrogen and oxygen atoms in total. The molecule has 264 valence electrons. The predicted octanol–water partition coefficient (Wildman–Crippen LogP) is 7.41. The minimum absolute atomic E-state index is 0.00548. The summed E-state index contributed by atoms with van der Waals surface area (Å²) in [6.07, 6.45) is 3.04. The Morgan fingerprint density at radius 3 is 2.13 bits per heavy atom. The van der Waals surface area contributed by atoms with Gasteiger partial charge in [-0.25, -0.2) is 0 Å². The molecular weight excluding hydrogens is 649 g/mol. The Morgan fingerprint density at radius 2 is 1.40 bits per heavy atom. The summed E-state index contributed by atoms with van der Waals surface area (Å²) < 4.78 is 0. The molecule has 5 aromatic rings. The molecule has 52 heavy (non-hydrogen) atoms. The topological polar surface area (TPSA) is 113 Å². The smallest absolute Gasteiger partial charge is 0.223 e. The van der Waals surface area contributed by atoms with Crippen LogP contribution in [0.1, 0.15) is 60.9 Å². The Hall–Kier alpha value is -5.69. The van der Waals surface area contributed by atoms with Crippen LogP contribution in [0.4, 0.5) is 0 Å². The van der Waals surface area contributed by atoms with E-state index in [0.717, 1.165) is 44.3 Å². The number of amides is 1. The number of carbonyl (C=O) groups is 5. The maximum atomic E-state index is 14.3. The molecule has 0 bridgehead atoms. The van der Waals surface area contributed by atoms with Gasteiger partial charge in [-0.15, -0.1) is 0 Å². The summed E-state index contributed by atoms with van der Waals surface area (Å²) in [7, 11) is 0. The second kappa shape index (κ2) is 16.6. The number of H-pyrrole nitrogens is 1. The molecule has 4 aromatic carbocycles. The van der Waals surface area contributed by atoms with Crippen LogP contribution in [0.15, 0.2) is 121 Å². The summed E-state index contributed by atoms with van der Waals surface area (Å²) in [4.78, 5) is 71.9. The molecule has 1 amide bonds. The minimum Gasteiger partial charge on any atom is -0.361 e. The lowest BCUT2D eigenvalue weighted by molar-refractivity contribution is -0.140. The first-order valence-electron chi connectivity index (χ1n) is 18.0. The average Bonchev–Trinajstić information content (AvgIpc) is 3.74. The van der Waals surface area contributed by atoms with Crippen molar-refractivity contribution in [2.24, 2.45) is 11.8 Å². The number of rotatable bonds is 17. The molecule has 1 heterocycles. The molecule has 3 atom stereocenters. The van der Waals surface area contributed by atoms with E-state index in [2.05, 4.69) is 10.3 Å². The molecule has 7 heteroatoms. The monoisotopic (exact) mass is 692 g/mol. The molecule has 0 saturated carbocycles. The Balaban J connectivity index is 1.20. The van der Waals surface area contributed by atoms with Crippen LogP contribution in [0.5, 0.6) is 0 Å². The summed E-state index contributed by atoms with van der Waals surface area (Å²) in [5, 5.41) is 3.89. The van der Waals surface area contributed by atoms with Crippen LogP contribution in [0.25, 0.3) is 16.5 Å². The Labute approximate surface area is 304 Å². The molecule has 0 saturated heterocycles. The minimum atomic E-state index is -0.980. The Bertz CT molecular complexity index is 2130. The van der Waals surface area contributed by atoms with Crippen molar-refractivity contribution in [2.75, 3.05) is 0 Å². The Kier molecular flexibility index (Phi) is 11.5. The van der Waals surface area contributed by atoms with E-state index in [0.29, 0.717) is 18.4 Å². The number of aromatic nitrogens is 1. The normalized spacial score (nSPS) is 14.0. The standard InChI is InChI=1S/C45H44N2O5/c1-29(23-42(49)38-25-33-17-9-10-18-36(33)30(38)2)45(52)47-40(26-35-28-46-39-20-12-11-19-37(35)39)43(50)27-34(24-32-15-7-4-8-16-32)44(51)41(48)22-21-31-13-5-3-6-14-31/h3-20,28-29,34,40,46H,21-27H2,1-2H3,(H,47,52)/t29-,34-,40+/m1/s1. The van der Waals surface area contributed by atoms with Gasteiger partial charge in [-0.05, 0) is 59.2 Å². The van der Waals surface area contributed by atoms with Gasteiger partial charge in [-0.1, -0.05) is 110 Å². The van der Waals surface area contributed by atoms with Crippen molar-refractivity contribution < 1.29 is 24.0 Å². The second-order valence-corrected chi connectivity index (χ2v) is 13.9. The largest absolute Gasteiger partial charge is 0.361 e. The summed E-state index contributed by atoms with van der Waals surface area (Å²) in [6.45, 7) is 3.64. The number of fused-ring (bicyclic) bond motifs is 2. The van der Waals surface area contributed by atoms with Gasteiger partial charge in [0.1, 0.15) is 0 Å². The molecule has 0 radical (unpaired) electrons. The van der Waals surface area contributed by atoms with E-state index in [9.17, 15) is 24.0 Å². The Morgan fingerprint density at radius 1 is 0.750 bits per heavy atom. The second-order valence-electron chi connectivity index (χ2n) is 13.9. The first-order valence-corrected chi connectivity index (χ1v) is 18.0. The fourth-order valence-electron chi connectivity index (χ4n) is 7.20. The first kappa shape index (κ1) is 36.1. The molecule has 0 unspecified atom stereocenters. The van der Waals surface area contributed by atoms with E-state index < -0.39 is 35.4 Å². The van der Waals surface area contributed by atoms with E-state index in [1.54, 1.807) is 6.92 Å². The van der Waals surface area contributed by atoms with Crippen LogP contribution in [-0.2, 0) is 49.7 Å². The lowest BCUT2D eigenvalue weighted by Crippen LogP contribution is -2.46. The van der Waals surface area contributed by atoms with Crippen molar-refractivity contribution in [1.82, 2.24) is 10.3 Å². The molecular formula is C45H44N2O5. The number of aryl methyl sites for hydroxylation is 1. The fraction of sp³-hybridized carbons (Fsp3) is 0.267. The summed E-state index contributed by atoms with van der Waals surface area (Å²) in [6, 6.07) is 33.5. The van der Waals surface area contributed by atoms with Gasteiger partial charge in [-0.3, -0.25) is 24.0 Å². The maximum Gasteiger partial charge on any atom is 0.223 e. The number of carbonyl (C=O) groups excluding carboxylic acids is 5. The number of Topliss-reactive ketones (excluding diaryl/α,β-unsaturated/α-hetero) is 4. The lowest BCUT2D eigenvalue weighted by atomic mass is 9.85. The van der Waals surface area contributed by atoms with Crippen molar-refractivity contribution in [2.45, 2.75) is 64.8 Å². The fourth-order valence-corrected chi connectivity index (χ4v) is 7.20. The lowest BCUT2D eigenvalue weighted by Gasteiger charge is -2.23. The molecule has 1 aromatic heterocycles. The molecule has 0 spiro atoms. The van der Waals surface area contributed by atoms with Crippen molar-refractivity contribution >= 4 is 45.5 Å². The third kappa shape index (κ3) is 8.60. The SMILES string of the molecule is CC1=C(C(=O)C[C@@H](C)C(=O)N[C@@H](Cc2c[nH]c3ccccc23)C(=O)C[C@@H](Cc2ccccc2)C(=O)C(=O)CCc2ccccc2)Cc2ccccc21. The zero-order valence-corrected chi connectivity index (χ0v) is 29.7. The highest BCUT2D eigenvalue weighted by molar-refractivity contribution is 6.38.